The number of benzene rings is 6. The van der Waals surface area contributed by atoms with Crippen LogP contribution in [0.25, 0.3) is 53.9 Å². The van der Waals surface area contributed by atoms with E-state index in [1.807, 2.05) is 0 Å². The Labute approximate surface area is 167 Å². The highest BCUT2D eigenvalue weighted by atomic mass is 79.9. The number of hydrogen-bond acceptors (Lipinski definition) is 0. The Bertz CT molecular complexity index is 1500. The molecule has 0 nitrogen and oxygen atoms in total. The number of halogens is 2. The lowest BCUT2D eigenvalue weighted by molar-refractivity contribution is 1.70. The summed E-state index contributed by atoms with van der Waals surface area (Å²) in [6.07, 6.45) is 0. The van der Waals surface area contributed by atoms with E-state index < -0.39 is 0 Å². The Kier molecular flexibility index (Phi) is 2.98. The Morgan fingerprint density at radius 1 is 0.462 bits per heavy atom. The van der Waals surface area contributed by atoms with Crippen molar-refractivity contribution >= 4 is 85.7 Å². The molecule has 0 aromatic heterocycles. The van der Waals surface area contributed by atoms with Gasteiger partial charge in [0.1, 0.15) is 0 Å². The summed E-state index contributed by atoms with van der Waals surface area (Å²) in [6, 6.07) is 26.6. The maximum atomic E-state index is 3.78. The van der Waals surface area contributed by atoms with E-state index in [4.69, 9.17) is 0 Å². The van der Waals surface area contributed by atoms with E-state index in [0.717, 1.165) is 8.95 Å². The van der Waals surface area contributed by atoms with E-state index in [1.54, 1.807) is 0 Å². The second-order valence-electron chi connectivity index (χ2n) is 6.82. The first kappa shape index (κ1) is 15.0. The van der Waals surface area contributed by atoms with E-state index in [1.165, 1.54) is 53.9 Å². The van der Waals surface area contributed by atoms with Crippen LogP contribution in [0.4, 0.5) is 0 Å². The summed E-state index contributed by atoms with van der Waals surface area (Å²) in [6.45, 7) is 0. The highest BCUT2D eigenvalue weighted by Gasteiger charge is 2.17. The van der Waals surface area contributed by atoms with Gasteiger partial charge in [-0.2, -0.15) is 0 Å². The van der Waals surface area contributed by atoms with Gasteiger partial charge in [0, 0.05) is 8.95 Å². The van der Waals surface area contributed by atoms with Gasteiger partial charge in [-0.1, -0.05) is 60.7 Å². The van der Waals surface area contributed by atoms with Gasteiger partial charge >= 0.3 is 0 Å². The van der Waals surface area contributed by atoms with Gasteiger partial charge in [-0.3, -0.25) is 0 Å². The molecule has 122 valence electrons. The van der Waals surface area contributed by atoms with Crippen molar-refractivity contribution in [3.8, 4) is 0 Å². The van der Waals surface area contributed by atoms with Crippen molar-refractivity contribution in [1.29, 1.82) is 0 Å². The van der Waals surface area contributed by atoms with E-state index in [9.17, 15) is 0 Å². The van der Waals surface area contributed by atoms with Crippen LogP contribution in [0.15, 0.2) is 81.7 Å². The van der Waals surface area contributed by atoms with Gasteiger partial charge < -0.3 is 0 Å². The van der Waals surface area contributed by atoms with Crippen LogP contribution < -0.4 is 0 Å². The van der Waals surface area contributed by atoms with Gasteiger partial charge in [0.2, 0.25) is 0 Å². The molecule has 0 atom stereocenters. The lowest BCUT2D eigenvalue weighted by atomic mass is 9.87. The molecule has 0 spiro atoms. The van der Waals surface area contributed by atoms with Gasteiger partial charge in [-0.15, -0.1) is 0 Å². The fourth-order valence-electron chi connectivity index (χ4n) is 4.46. The topological polar surface area (TPSA) is 0 Å². The Balaban J connectivity index is 2.12. The molecule has 0 unspecified atom stereocenters. The molecule has 0 fully saturated rings. The first-order valence-electron chi connectivity index (χ1n) is 8.60. The summed E-state index contributed by atoms with van der Waals surface area (Å²) in [5.41, 5.74) is 0. The molecule has 6 rings (SSSR count). The first-order chi connectivity index (χ1) is 12.7. The Hall–Kier alpha value is -2.16. The van der Waals surface area contributed by atoms with Crippen molar-refractivity contribution in [2.24, 2.45) is 0 Å². The second kappa shape index (κ2) is 5.18. The van der Waals surface area contributed by atoms with Crippen LogP contribution in [0.3, 0.4) is 0 Å². The highest BCUT2D eigenvalue weighted by molar-refractivity contribution is 9.13. The molecular formula is C24H12Br2. The van der Waals surface area contributed by atoms with E-state index in [0.29, 0.717) is 0 Å². The fourth-order valence-corrected chi connectivity index (χ4v) is 5.35. The third-order valence-corrected chi connectivity index (χ3v) is 7.51. The molecule has 0 N–H and O–H groups in total. The number of hydrogen-bond donors (Lipinski definition) is 0. The third-order valence-electron chi connectivity index (χ3n) is 5.50. The lowest BCUT2D eigenvalue weighted by Gasteiger charge is -2.17. The molecule has 0 saturated carbocycles. The van der Waals surface area contributed by atoms with Gasteiger partial charge in [-0.05, 0) is 97.9 Å². The van der Waals surface area contributed by atoms with Crippen LogP contribution in [-0.2, 0) is 0 Å². The quantitative estimate of drug-likeness (QED) is 0.158. The fraction of sp³-hybridized carbons (Fsp3) is 0. The van der Waals surface area contributed by atoms with Crippen LogP contribution in [0.2, 0.25) is 0 Å². The van der Waals surface area contributed by atoms with E-state index in [2.05, 4.69) is 105 Å². The molecule has 26 heavy (non-hydrogen) atoms. The van der Waals surface area contributed by atoms with Gasteiger partial charge in [-0.25, -0.2) is 0 Å². The minimum atomic E-state index is 1.10. The molecule has 0 aliphatic rings. The van der Waals surface area contributed by atoms with Crippen molar-refractivity contribution in [2.75, 3.05) is 0 Å². The molecule has 0 radical (unpaired) electrons. The van der Waals surface area contributed by atoms with Crippen molar-refractivity contribution in [1.82, 2.24) is 0 Å². The first-order valence-corrected chi connectivity index (χ1v) is 10.2. The largest absolute Gasteiger partial charge is 0.0616 e. The minimum Gasteiger partial charge on any atom is -0.0616 e. The van der Waals surface area contributed by atoms with E-state index in [-0.39, 0.29) is 0 Å². The third kappa shape index (κ3) is 1.79. The second-order valence-corrected chi connectivity index (χ2v) is 8.47. The van der Waals surface area contributed by atoms with Crippen LogP contribution >= 0.6 is 31.9 Å². The summed E-state index contributed by atoms with van der Waals surface area (Å²) in [5, 5.41) is 13.2. The van der Waals surface area contributed by atoms with Gasteiger partial charge in [0.25, 0.3) is 0 Å². The molecule has 6 aromatic carbocycles. The predicted octanol–water partition coefficient (Wildman–Crippen LogP) is 8.42. The normalized spacial score (nSPS) is 12.2. The summed E-state index contributed by atoms with van der Waals surface area (Å²) in [5.74, 6) is 0. The molecule has 2 heteroatoms. The molecule has 0 amide bonds. The monoisotopic (exact) mass is 458 g/mol. The summed E-state index contributed by atoms with van der Waals surface area (Å²) < 4.78 is 2.22. The van der Waals surface area contributed by atoms with Crippen LogP contribution in [-0.4, -0.2) is 0 Å². The molecular weight excluding hydrogens is 448 g/mol. The summed E-state index contributed by atoms with van der Waals surface area (Å²) >= 11 is 7.52. The van der Waals surface area contributed by atoms with Crippen molar-refractivity contribution < 1.29 is 0 Å². The molecule has 0 heterocycles. The zero-order valence-electron chi connectivity index (χ0n) is 13.7. The molecule has 0 aliphatic carbocycles. The average molecular weight is 460 g/mol. The molecule has 0 aliphatic heterocycles. The standard InChI is InChI=1S/C24H12Br2/c25-20-12-19-16-8-3-6-14-11-13-5-1-2-7-15(13)23(21(14)16)17-9-4-10-18(22(17)19)24(20)26/h1-12H. The van der Waals surface area contributed by atoms with Gasteiger partial charge in [0.15, 0.2) is 0 Å². The van der Waals surface area contributed by atoms with E-state index >= 15 is 0 Å². The zero-order chi connectivity index (χ0) is 17.4. The SMILES string of the molecule is Brc1cc2c3cccc4cc5ccccc5c(c5cccc(c1Br)c25)c43. The predicted molar refractivity (Wildman–Crippen MR) is 121 cm³/mol. The minimum absolute atomic E-state index is 1.10. The number of rotatable bonds is 0. The molecule has 0 bridgehead atoms. The maximum absolute atomic E-state index is 3.78. The Morgan fingerprint density at radius 2 is 1.15 bits per heavy atom. The summed E-state index contributed by atoms with van der Waals surface area (Å²) in [7, 11) is 0. The maximum Gasteiger partial charge on any atom is 0.0396 e. The van der Waals surface area contributed by atoms with Crippen LogP contribution in [0.5, 0.6) is 0 Å². The highest BCUT2D eigenvalue weighted by Crippen LogP contribution is 2.46. The molecule has 6 aromatic rings. The number of fused-ring (bicyclic) bond motifs is 4. The average Bonchev–Trinajstić information content (AvgIpc) is 2.68. The Morgan fingerprint density at radius 3 is 2.08 bits per heavy atom. The van der Waals surface area contributed by atoms with Gasteiger partial charge in [0.05, 0.1) is 0 Å². The zero-order valence-corrected chi connectivity index (χ0v) is 16.9. The van der Waals surface area contributed by atoms with Crippen molar-refractivity contribution in [3.63, 3.8) is 0 Å². The smallest absolute Gasteiger partial charge is 0.0396 e. The van der Waals surface area contributed by atoms with Crippen LogP contribution in [0.1, 0.15) is 0 Å². The lowest BCUT2D eigenvalue weighted by Crippen LogP contribution is -1.89. The summed E-state index contributed by atoms with van der Waals surface area (Å²) in [4.78, 5) is 0. The molecule has 0 saturated heterocycles. The van der Waals surface area contributed by atoms with Crippen molar-refractivity contribution in [3.05, 3.63) is 81.7 Å². The van der Waals surface area contributed by atoms with Crippen LogP contribution in [0, 0.1) is 0 Å². The van der Waals surface area contributed by atoms with Crippen molar-refractivity contribution in [2.45, 2.75) is 0 Å².